The summed E-state index contributed by atoms with van der Waals surface area (Å²) in [7, 11) is 0. The second-order valence-corrected chi connectivity index (χ2v) is 1.56. The van der Waals surface area contributed by atoms with E-state index in [9.17, 15) is 0 Å². The van der Waals surface area contributed by atoms with Crippen LogP contribution >= 0.6 is 0 Å². The van der Waals surface area contributed by atoms with Crippen LogP contribution in [0.4, 0.5) is 0 Å². The molecule has 0 aromatic heterocycles. The molecule has 0 aliphatic carbocycles. The molecule has 0 fully saturated rings. The molecule has 2 heteroatoms. The van der Waals surface area contributed by atoms with Crippen molar-refractivity contribution in [1.82, 2.24) is 0 Å². The van der Waals surface area contributed by atoms with Crippen LogP contribution in [-0.4, -0.2) is 35.4 Å². The van der Waals surface area contributed by atoms with E-state index in [0.717, 1.165) is 8.49 Å². The number of rotatable bonds is 1. The van der Waals surface area contributed by atoms with E-state index in [0.29, 0.717) is 0 Å². The summed E-state index contributed by atoms with van der Waals surface area (Å²) in [6.45, 7) is 7.31. The van der Waals surface area contributed by atoms with Crippen LogP contribution in [0.25, 0.3) is 0 Å². The zero-order valence-corrected chi connectivity index (χ0v) is 4.41. The Morgan fingerprint density at radius 3 is 1.17 bits per heavy atom. The van der Waals surface area contributed by atoms with Crippen molar-refractivity contribution in [3.8, 4) is 0 Å². The predicted molar refractivity (Wildman–Crippen MR) is 29.8 cm³/mol. The molecule has 0 heterocycles. The Bertz CT molecular complexity index is 71.5. The van der Waals surface area contributed by atoms with Gasteiger partial charge in [-0.25, -0.2) is 0 Å². The molecule has 0 bridgehead atoms. The van der Waals surface area contributed by atoms with Crippen LogP contribution in [0.5, 0.6) is 0 Å². The Balaban J connectivity index is 3.57. The molecular weight excluding hydrogens is 61.9 g/mol. The molecule has 22 valence electrons. The van der Waals surface area contributed by atoms with E-state index in [4.69, 9.17) is 0 Å². The van der Waals surface area contributed by atoms with Crippen LogP contribution in [0, 0.1) is 0 Å². The molecule has 0 rings (SSSR count). The fourth-order valence-corrected chi connectivity index (χ4v) is 0. The third kappa shape index (κ3) is 2.89. The third-order valence-electron chi connectivity index (χ3n) is 0.729. The third-order valence-corrected chi connectivity index (χ3v) is 0.729. The first-order valence-electron chi connectivity index (χ1n) is 1.96. The van der Waals surface area contributed by atoms with Crippen molar-refractivity contribution in [2.24, 2.45) is 0 Å². The van der Waals surface area contributed by atoms with Gasteiger partial charge in [-0.05, 0) is 0 Å². The predicted octanol–water partition coefficient (Wildman–Crippen LogP) is 0.351. The van der Waals surface area contributed by atoms with Crippen molar-refractivity contribution >= 4 is 35.4 Å². The average Bonchev–Trinajstić information content (AvgIpc) is 1.36. The van der Waals surface area contributed by atoms with E-state index in [-0.39, 0.29) is 0 Å². The van der Waals surface area contributed by atoms with Gasteiger partial charge in [0, 0.05) is 0 Å². The first-order valence-corrected chi connectivity index (χ1v) is 1.96. The first kappa shape index (κ1) is 6.67. The minimum atomic E-state index is 1.06. The molecule has 0 unspecified atom stereocenters. The summed E-state index contributed by atoms with van der Waals surface area (Å²) in [5, 5.41) is 0. The van der Waals surface area contributed by atoms with Gasteiger partial charge < -0.3 is 0 Å². The van der Waals surface area contributed by atoms with Gasteiger partial charge in [0.15, 0.2) is 0 Å². The summed E-state index contributed by atoms with van der Waals surface area (Å²) in [6, 6.07) is 0. The average molecular weight is 66.0 g/mol. The fraction of sp³-hybridized carbons (Fsp3) is 0. The molecule has 0 aromatic carbocycles. The molecule has 0 N–H and O–H groups in total. The molecule has 6 heavy (non-hydrogen) atoms. The van der Waals surface area contributed by atoms with Gasteiger partial charge in [-0.15, -0.1) is 0 Å². The molecule has 0 aliphatic heterocycles. The van der Waals surface area contributed by atoms with Gasteiger partial charge >= 0.3 is 57.1 Å². The van der Waals surface area contributed by atoms with Crippen LogP contribution in [0.2, 0.25) is 0 Å². The van der Waals surface area contributed by atoms with Crippen molar-refractivity contribution in [1.29, 1.82) is 0 Å². The van der Waals surface area contributed by atoms with E-state index in [2.05, 4.69) is 13.2 Å². The normalized spacial score (nSPS) is 8.00. The quantitative estimate of drug-likeness (QED) is 0.306. The Kier molecular flexibility index (Phi) is 3.10. The van der Waals surface area contributed by atoms with E-state index in [1.807, 2.05) is 35.4 Å². The van der Waals surface area contributed by atoms with Crippen molar-refractivity contribution in [3.63, 3.8) is 0 Å². The zero-order chi connectivity index (χ0) is 5.15. The summed E-state index contributed by atoms with van der Waals surface area (Å²) >= 11 is 3.89. The second kappa shape index (κ2) is 2.78. The first-order chi connectivity index (χ1) is 2.64. The van der Waals surface area contributed by atoms with Crippen LogP contribution < -0.4 is 0 Å². The van der Waals surface area contributed by atoms with Gasteiger partial charge in [-0.2, -0.15) is 0 Å². The van der Waals surface area contributed by atoms with Crippen LogP contribution in [-0.2, 0) is 0 Å². The summed E-state index contributed by atoms with van der Waals surface area (Å²) in [5.41, 5.74) is 0. The number of allylic oxidation sites excluding steroid dienone is 2. The molecule has 0 radical (unpaired) electrons. The Morgan fingerprint density at radius 2 is 1.17 bits per heavy atom. The molecule has 0 saturated heterocycles. The Hall–Kier alpha value is 0.675. The van der Waals surface area contributed by atoms with Crippen molar-refractivity contribution in [2.45, 2.75) is 0 Å². The minimum absolute atomic E-state index is 1.06. The number of hydrogen-bond donors (Lipinski definition) is 0. The molecule has 0 atom stereocenters. The van der Waals surface area contributed by atoms with Crippen LogP contribution in [0.3, 0.4) is 0 Å². The maximum absolute atomic E-state index is 3.66. The summed E-state index contributed by atoms with van der Waals surface area (Å²) < 4.78 is 2.13. The van der Waals surface area contributed by atoms with Gasteiger partial charge in [-0.3, -0.25) is 0 Å². The fourth-order valence-electron chi connectivity index (χ4n) is 0. The summed E-state index contributed by atoms with van der Waals surface area (Å²) in [4.78, 5) is 0. The molecule has 0 saturated carbocycles. The van der Waals surface area contributed by atoms with Gasteiger partial charge in [-0.1, -0.05) is 0 Å². The second-order valence-electron chi connectivity index (χ2n) is 1.56. The standard InChI is InChI=1S/C4H4.2Li/c1-3-4-2;;/h1-2H2;;. The van der Waals surface area contributed by atoms with Crippen LogP contribution in [0.15, 0.2) is 21.7 Å². The molecule has 0 aliphatic rings. The number of hydrogen-bond acceptors (Lipinski definition) is 0. The van der Waals surface area contributed by atoms with Gasteiger partial charge in [0.1, 0.15) is 0 Å². The van der Waals surface area contributed by atoms with E-state index in [1.54, 1.807) is 0 Å². The zero-order valence-electron chi connectivity index (χ0n) is 4.41. The monoisotopic (exact) mass is 66.1 g/mol. The summed E-state index contributed by atoms with van der Waals surface area (Å²) in [6.07, 6.45) is 0. The molecule has 0 nitrogen and oxygen atoms in total. The Labute approximate surface area is 57.1 Å². The van der Waals surface area contributed by atoms with Crippen molar-refractivity contribution in [3.05, 3.63) is 21.7 Å². The molecular formula is C4H4Li2. The summed E-state index contributed by atoms with van der Waals surface area (Å²) in [5.74, 6) is 0. The molecule has 0 spiro atoms. The van der Waals surface area contributed by atoms with Gasteiger partial charge in [0.2, 0.25) is 0 Å². The topological polar surface area (TPSA) is 0 Å². The van der Waals surface area contributed by atoms with E-state index in [1.165, 1.54) is 0 Å². The van der Waals surface area contributed by atoms with Crippen molar-refractivity contribution in [2.75, 3.05) is 0 Å². The SMILES string of the molecule is [Li][C](=C)[C]([Li])=C. The molecule has 0 amide bonds. The van der Waals surface area contributed by atoms with Gasteiger partial charge in [0.05, 0.1) is 0 Å². The Morgan fingerprint density at radius 1 is 1.00 bits per heavy atom. The van der Waals surface area contributed by atoms with Gasteiger partial charge in [0.25, 0.3) is 0 Å². The maximum atomic E-state index is 3.66. The molecule has 0 aromatic rings. The van der Waals surface area contributed by atoms with E-state index >= 15 is 0 Å². The van der Waals surface area contributed by atoms with Crippen LogP contribution in [0.1, 0.15) is 0 Å². The van der Waals surface area contributed by atoms with E-state index < -0.39 is 0 Å². The van der Waals surface area contributed by atoms with Crippen molar-refractivity contribution < 1.29 is 0 Å².